The molecule has 0 saturated heterocycles. The number of aliphatic imine (C=N–C) groups is 1. The van der Waals surface area contributed by atoms with Gasteiger partial charge in [-0.2, -0.15) is 0 Å². The fourth-order valence-electron chi connectivity index (χ4n) is 2.53. The maximum Gasteiger partial charge on any atom is 0.226 e. The van der Waals surface area contributed by atoms with E-state index in [0.29, 0.717) is 30.8 Å². The summed E-state index contributed by atoms with van der Waals surface area (Å²) in [5, 5.41) is 6.46. The Hall–Kier alpha value is -3.35. The molecule has 3 aromatic rings. The van der Waals surface area contributed by atoms with Gasteiger partial charge in [-0.1, -0.05) is 23.8 Å². The lowest BCUT2D eigenvalue weighted by Crippen LogP contribution is -2.36. The molecule has 0 atom stereocenters. The van der Waals surface area contributed by atoms with Crippen molar-refractivity contribution in [3.8, 4) is 17.3 Å². The molecular weight excluding hydrogens is 342 g/mol. The smallest absolute Gasteiger partial charge is 0.226 e. The Morgan fingerprint density at radius 1 is 1.15 bits per heavy atom. The van der Waals surface area contributed by atoms with Gasteiger partial charge >= 0.3 is 0 Å². The summed E-state index contributed by atoms with van der Waals surface area (Å²) in [5.74, 6) is 1.86. The quantitative estimate of drug-likeness (QED) is 0.516. The number of pyridine rings is 1. The highest BCUT2D eigenvalue weighted by molar-refractivity contribution is 5.79. The van der Waals surface area contributed by atoms with Gasteiger partial charge in [-0.15, -0.1) is 0 Å². The second-order valence-electron chi connectivity index (χ2n) is 5.96. The zero-order valence-electron chi connectivity index (χ0n) is 15.7. The van der Waals surface area contributed by atoms with Gasteiger partial charge < -0.3 is 19.8 Å². The molecule has 2 N–H and O–H groups in total. The van der Waals surface area contributed by atoms with Gasteiger partial charge in [0, 0.05) is 30.9 Å². The van der Waals surface area contributed by atoms with Gasteiger partial charge in [0.15, 0.2) is 5.96 Å². The van der Waals surface area contributed by atoms with Crippen molar-refractivity contribution in [2.24, 2.45) is 4.99 Å². The molecule has 0 aliphatic carbocycles. The van der Waals surface area contributed by atoms with Crippen molar-refractivity contribution in [3.05, 3.63) is 65.7 Å². The number of ether oxygens (including phenoxy) is 1. The third kappa shape index (κ3) is 4.84. The fraction of sp³-hybridized carbons (Fsp3) is 0.250. The Labute approximate surface area is 158 Å². The van der Waals surface area contributed by atoms with Gasteiger partial charge in [0.2, 0.25) is 11.8 Å². The molecule has 0 fully saturated rings. The Balaban J connectivity index is 1.56. The average Bonchev–Trinajstić information content (AvgIpc) is 3.18. The highest BCUT2D eigenvalue weighted by Crippen LogP contribution is 2.19. The molecule has 0 unspecified atom stereocenters. The van der Waals surface area contributed by atoms with E-state index in [-0.39, 0.29) is 0 Å². The number of hydrogen-bond donors (Lipinski definition) is 2. The van der Waals surface area contributed by atoms with Crippen LogP contribution < -0.4 is 15.4 Å². The molecule has 0 radical (unpaired) electrons. The number of guanidine groups is 1. The van der Waals surface area contributed by atoms with Crippen molar-refractivity contribution in [3.63, 3.8) is 0 Å². The number of hydrogen-bond acceptors (Lipinski definition) is 5. The van der Waals surface area contributed by atoms with Gasteiger partial charge in [-0.25, -0.2) is 9.97 Å². The maximum absolute atomic E-state index is 5.58. The minimum atomic E-state index is 0.499. The van der Waals surface area contributed by atoms with E-state index in [9.17, 15) is 0 Å². The van der Waals surface area contributed by atoms with E-state index >= 15 is 0 Å². The Bertz CT molecular complexity index is 903. The van der Waals surface area contributed by atoms with Gasteiger partial charge in [0.05, 0.1) is 19.3 Å². The minimum absolute atomic E-state index is 0.499. The molecule has 0 amide bonds. The van der Waals surface area contributed by atoms with Gasteiger partial charge in [0.25, 0.3) is 0 Å². The molecule has 1 aromatic carbocycles. The number of benzene rings is 1. The van der Waals surface area contributed by atoms with Gasteiger partial charge in [-0.05, 0) is 25.1 Å². The third-order valence-electron chi connectivity index (χ3n) is 4.00. The molecular formula is C20H23N5O2. The lowest BCUT2D eigenvalue weighted by Gasteiger charge is -2.12. The molecule has 0 aliphatic rings. The van der Waals surface area contributed by atoms with Crippen molar-refractivity contribution in [2.75, 3.05) is 14.2 Å². The summed E-state index contributed by atoms with van der Waals surface area (Å²) in [4.78, 5) is 12.9. The molecule has 0 spiro atoms. The van der Waals surface area contributed by atoms with Crippen LogP contribution in [0.15, 0.2) is 58.3 Å². The van der Waals surface area contributed by atoms with Crippen molar-refractivity contribution in [1.82, 2.24) is 20.6 Å². The molecule has 140 valence electrons. The van der Waals surface area contributed by atoms with Gasteiger partial charge in [-0.3, -0.25) is 4.99 Å². The van der Waals surface area contributed by atoms with Gasteiger partial charge in [0.1, 0.15) is 6.26 Å². The number of methoxy groups -OCH3 is 1. The SMILES string of the molecule is CN=C(NCc1coc(-c2ccc(C)cc2)n1)NCc1cccnc1OC. The number of nitrogens with zero attached hydrogens (tertiary/aromatic N) is 3. The zero-order chi connectivity index (χ0) is 19.1. The summed E-state index contributed by atoms with van der Waals surface area (Å²) in [6.07, 6.45) is 3.35. The van der Waals surface area contributed by atoms with Crippen molar-refractivity contribution in [1.29, 1.82) is 0 Å². The predicted molar refractivity (Wildman–Crippen MR) is 105 cm³/mol. The molecule has 7 heteroatoms. The first-order chi connectivity index (χ1) is 13.2. The molecule has 0 bridgehead atoms. The highest BCUT2D eigenvalue weighted by atomic mass is 16.5. The van der Waals surface area contributed by atoms with E-state index in [1.54, 1.807) is 26.6 Å². The molecule has 0 aliphatic heterocycles. The van der Waals surface area contributed by atoms with E-state index in [2.05, 4.69) is 25.6 Å². The predicted octanol–water partition coefficient (Wildman–Crippen LogP) is 2.92. The lowest BCUT2D eigenvalue weighted by molar-refractivity contribution is 0.392. The Morgan fingerprint density at radius 3 is 2.67 bits per heavy atom. The normalized spacial score (nSPS) is 11.3. The second kappa shape index (κ2) is 8.84. The molecule has 2 heterocycles. The van der Waals surface area contributed by atoms with Crippen LogP contribution in [-0.4, -0.2) is 30.1 Å². The number of aryl methyl sites for hydroxylation is 1. The Morgan fingerprint density at radius 2 is 1.93 bits per heavy atom. The number of aromatic nitrogens is 2. The van der Waals surface area contributed by atoms with E-state index in [1.165, 1.54) is 5.56 Å². The second-order valence-corrected chi connectivity index (χ2v) is 5.96. The Kier molecular flexibility index (Phi) is 6.04. The van der Waals surface area contributed by atoms with E-state index in [4.69, 9.17) is 9.15 Å². The monoisotopic (exact) mass is 365 g/mol. The van der Waals surface area contributed by atoms with E-state index in [0.717, 1.165) is 16.8 Å². The number of oxazole rings is 1. The minimum Gasteiger partial charge on any atom is -0.481 e. The third-order valence-corrected chi connectivity index (χ3v) is 4.00. The van der Waals surface area contributed by atoms with Crippen molar-refractivity contribution in [2.45, 2.75) is 20.0 Å². The highest BCUT2D eigenvalue weighted by Gasteiger charge is 2.08. The zero-order valence-corrected chi connectivity index (χ0v) is 15.7. The molecule has 2 aromatic heterocycles. The molecule has 0 saturated carbocycles. The summed E-state index contributed by atoms with van der Waals surface area (Å²) < 4.78 is 10.8. The number of rotatable bonds is 6. The van der Waals surface area contributed by atoms with Crippen LogP contribution in [-0.2, 0) is 13.1 Å². The summed E-state index contributed by atoms with van der Waals surface area (Å²) >= 11 is 0. The van der Waals surface area contributed by atoms with Crippen LogP contribution in [0.4, 0.5) is 0 Å². The first-order valence-electron chi connectivity index (χ1n) is 8.63. The lowest BCUT2D eigenvalue weighted by atomic mass is 10.1. The topological polar surface area (TPSA) is 84.6 Å². The van der Waals surface area contributed by atoms with Crippen LogP contribution in [0.2, 0.25) is 0 Å². The maximum atomic E-state index is 5.58. The molecule has 27 heavy (non-hydrogen) atoms. The first-order valence-corrected chi connectivity index (χ1v) is 8.63. The molecule has 7 nitrogen and oxygen atoms in total. The van der Waals surface area contributed by atoms with Crippen LogP contribution in [0.3, 0.4) is 0 Å². The average molecular weight is 365 g/mol. The number of nitrogens with one attached hydrogen (secondary N) is 2. The summed E-state index contributed by atoms with van der Waals surface area (Å²) in [5.41, 5.74) is 3.91. The van der Waals surface area contributed by atoms with E-state index in [1.807, 2.05) is 43.3 Å². The summed E-state index contributed by atoms with van der Waals surface area (Å²) in [6, 6.07) is 11.9. The van der Waals surface area contributed by atoms with Crippen LogP contribution in [0, 0.1) is 6.92 Å². The summed E-state index contributed by atoms with van der Waals surface area (Å²) in [7, 11) is 3.32. The first kappa shape index (κ1) is 18.4. The molecule has 3 rings (SSSR count). The van der Waals surface area contributed by atoms with Crippen LogP contribution in [0.25, 0.3) is 11.5 Å². The summed E-state index contributed by atoms with van der Waals surface area (Å²) in [6.45, 7) is 3.09. The fourth-order valence-corrected chi connectivity index (χ4v) is 2.53. The van der Waals surface area contributed by atoms with E-state index < -0.39 is 0 Å². The van der Waals surface area contributed by atoms with Crippen molar-refractivity contribution < 1.29 is 9.15 Å². The van der Waals surface area contributed by atoms with Crippen LogP contribution in [0.5, 0.6) is 5.88 Å². The van der Waals surface area contributed by atoms with Crippen LogP contribution in [0.1, 0.15) is 16.8 Å². The standard InChI is InChI=1S/C20H23N5O2/c1-14-6-8-15(9-7-14)19-25-17(13-27-19)12-24-20(21-2)23-11-16-5-4-10-22-18(16)26-3/h4-10,13H,11-12H2,1-3H3,(H2,21,23,24). The van der Waals surface area contributed by atoms with Crippen LogP contribution >= 0.6 is 0 Å². The largest absolute Gasteiger partial charge is 0.481 e. The van der Waals surface area contributed by atoms with Crippen molar-refractivity contribution >= 4 is 5.96 Å².